The van der Waals surface area contributed by atoms with E-state index in [1.54, 1.807) is 0 Å². The molecule has 1 fully saturated rings. The maximum atomic E-state index is 11.6. The molecule has 2 aliphatic rings. The van der Waals surface area contributed by atoms with Crippen LogP contribution in [0.25, 0.3) is 0 Å². The van der Waals surface area contributed by atoms with E-state index in [-0.39, 0.29) is 11.8 Å². The standard InChI is InChI=1S/C16H21NO4/c1-10(2)17-8-12(13(9-17)16(18)19)11-3-4-14-15(7-11)21-6-5-20-14/h3-4,7,10,12-13H,5-6,8-9H2,1-2H3,(H,18,19). The van der Waals surface area contributed by atoms with Crippen molar-refractivity contribution in [2.24, 2.45) is 5.92 Å². The van der Waals surface area contributed by atoms with Crippen LogP contribution in [0.5, 0.6) is 11.5 Å². The van der Waals surface area contributed by atoms with Crippen LogP contribution in [0.4, 0.5) is 0 Å². The van der Waals surface area contributed by atoms with Gasteiger partial charge in [-0.1, -0.05) is 6.07 Å². The SMILES string of the molecule is CC(C)N1CC(C(=O)O)C(c2ccc3c(c2)OCCO3)C1. The quantitative estimate of drug-likeness (QED) is 0.922. The zero-order chi connectivity index (χ0) is 15.0. The number of aliphatic carboxylic acids is 1. The van der Waals surface area contributed by atoms with Crippen molar-refractivity contribution < 1.29 is 19.4 Å². The first-order valence-electron chi connectivity index (χ1n) is 7.42. The van der Waals surface area contributed by atoms with E-state index in [2.05, 4.69) is 18.7 Å². The number of carboxylic acid groups (broad SMARTS) is 1. The van der Waals surface area contributed by atoms with E-state index in [1.807, 2.05) is 18.2 Å². The van der Waals surface area contributed by atoms with Gasteiger partial charge < -0.3 is 14.6 Å². The first kappa shape index (κ1) is 14.2. The molecule has 1 aromatic carbocycles. The van der Waals surface area contributed by atoms with Crippen LogP contribution >= 0.6 is 0 Å². The Morgan fingerprint density at radius 1 is 1.24 bits per heavy atom. The molecule has 0 bridgehead atoms. The van der Waals surface area contributed by atoms with E-state index in [0.717, 1.165) is 23.6 Å². The molecule has 0 amide bonds. The average Bonchev–Trinajstić information content (AvgIpc) is 2.92. The summed E-state index contributed by atoms with van der Waals surface area (Å²) in [5.41, 5.74) is 1.02. The Hall–Kier alpha value is -1.75. The summed E-state index contributed by atoms with van der Waals surface area (Å²) >= 11 is 0. The van der Waals surface area contributed by atoms with Gasteiger partial charge in [-0.3, -0.25) is 9.69 Å². The van der Waals surface area contributed by atoms with Crippen LogP contribution in [0.1, 0.15) is 25.3 Å². The molecule has 0 spiro atoms. The summed E-state index contributed by atoms with van der Waals surface area (Å²) in [5, 5.41) is 9.50. The number of rotatable bonds is 3. The van der Waals surface area contributed by atoms with E-state index < -0.39 is 5.97 Å². The van der Waals surface area contributed by atoms with Crippen LogP contribution < -0.4 is 9.47 Å². The van der Waals surface area contributed by atoms with E-state index >= 15 is 0 Å². The normalized spacial score (nSPS) is 25.3. The topological polar surface area (TPSA) is 59.0 Å². The van der Waals surface area contributed by atoms with Crippen LogP contribution in [0, 0.1) is 5.92 Å². The molecule has 1 saturated heterocycles. The highest BCUT2D eigenvalue weighted by atomic mass is 16.6. The fourth-order valence-electron chi connectivity index (χ4n) is 3.13. The lowest BCUT2D eigenvalue weighted by atomic mass is 9.89. The summed E-state index contributed by atoms with van der Waals surface area (Å²) in [5.74, 6) is 0.384. The molecule has 0 saturated carbocycles. The number of ether oxygens (including phenoxy) is 2. The maximum absolute atomic E-state index is 11.6. The third-order valence-electron chi connectivity index (χ3n) is 4.39. The second-order valence-corrected chi connectivity index (χ2v) is 6.00. The van der Waals surface area contributed by atoms with Crippen LogP contribution in [0.3, 0.4) is 0 Å². The summed E-state index contributed by atoms with van der Waals surface area (Å²) in [4.78, 5) is 13.8. The minimum Gasteiger partial charge on any atom is -0.486 e. The van der Waals surface area contributed by atoms with Gasteiger partial charge in [0, 0.05) is 25.0 Å². The molecule has 3 rings (SSSR count). The Bertz CT molecular complexity index is 543. The summed E-state index contributed by atoms with van der Waals surface area (Å²) in [6.45, 7) is 6.69. The fraction of sp³-hybridized carbons (Fsp3) is 0.562. The fourth-order valence-corrected chi connectivity index (χ4v) is 3.13. The summed E-state index contributed by atoms with van der Waals surface area (Å²) in [6, 6.07) is 6.16. The van der Waals surface area contributed by atoms with Gasteiger partial charge in [0.1, 0.15) is 13.2 Å². The smallest absolute Gasteiger partial charge is 0.308 e. The average molecular weight is 291 g/mol. The molecule has 2 unspecified atom stereocenters. The minimum atomic E-state index is -0.724. The number of nitrogens with zero attached hydrogens (tertiary/aromatic N) is 1. The molecule has 0 aliphatic carbocycles. The molecule has 5 nitrogen and oxygen atoms in total. The minimum absolute atomic E-state index is 0.000673. The number of likely N-dealkylation sites (tertiary alicyclic amines) is 1. The Morgan fingerprint density at radius 2 is 1.95 bits per heavy atom. The van der Waals surface area contributed by atoms with E-state index in [4.69, 9.17) is 9.47 Å². The number of carbonyl (C=O) groups is 1. The lowest BCUT2D eigenvalue weighted by Crippen LogP contribution is -2.29. The third kappa shape index (κ3) is 2.70. The highest BCUT2D eigenvalue weighted by Crippen LogP contribution is 2.38. The van der Waals surface area contributed by atoms with Gasteiger partial charge in [0.2, 0.25) is 0 Å². The third-order valence-corrected chi connectivity index (χ3v) is 4.39. The lowest BCUT2D eigenvalue weighted by Gasteiger charge is -2.22. The molecule has 0 aromatic heterocycles. The molecule has 21 heavy (non-hydrogen) atoms. The highest BCUT2D eigenvalue weighted by molar-refractivity contribution is 5.72. The van der Waals surface area contributed by atoms with Gasteiger partial charge in [0.25, 0.3) is 0 Å². The van der Waals surface area contributed by atoms with Crippen molar-refractivity contribution in [3.63, 3.8) is 0 Å². The molecular weight excluding hydrogens is 270 g/mol. The lowest BCUT2D eigenvalue weighted by molar-refractivity contribution is -0.141. The van der Waals surface area contributed by atoms with Gasteiger partial charge >= 0.3 is 5.97 Å². The monoisotopic (exact) mass is 291 g/mol. The molecule has 0 radical (unpaired) electrons. The molecule has 2 atom stereocenters. The van der Waals surface area contributed by atoms with Gasteiger partial charge in [0.05, 0.1) is 5.92 Å². The Balaban J connectivity index is 1.88. The number of hydrogen-bond acceptors (Lipinski definition) is 4. The van der Waals surface area contributed by atoms with E-state index in [1.165, 1.54) is 0 Å². The first-order valence-corrected chi connectivity index (χ1v) is 7.42. The van der Waals surface area contributed by atoms with Gasteiger partial charge in [0.15, 0.2) is 11.5 Å². The maximum Gasteiger partial charge on any atom is 0.308 e. The summed E-state index contributed by atoms with van der Waals surface area (Å²) in [7, 11) is 0. The van der Waals surface area contributed by atoms with Crippen LogP contribution in [0.15, 0.2) is 18.2 Å². The largest absolute Gasteiger partial charge is 0.486 e. The van der Waals surface area contributed by atoms with Crippen molar-refractivity contribution in [1.82, 2.24) is 4.90 Å². The highest BCUT2D eigenvalue weighted by Gasteiger charge is 2.39. The van der Waals surface area contributed by atoms with Gasteiger partial charge in [-0.15, -0.1) is 0 Å². The zero-order valence-electron chi connectivity index (χ0n) is 12.4. The molecule has 2 heterocycles. The van der Waals surface area contributed by atoms with Crippen molar-refractivity contribution in [3.05, 3.63) is 23.8 Å². The second-order valence-electron chi connectivity index (χ2n) is 6.00. The van der Waals surface area contributed by atoms with Gasteiger partial charge in [-0.05, 0) is 31.5 Å². The predicted molar refractivity (Wildman–Crippen MR) is 78.0 cm³/mol. The zero-order valence-corrected chi connectivity index (χ0v) is 12.4. The number of hydrogen-bond donors (Lipinski definition) is 1. The number of benzene rings is 1. The van der Waals surface area contributed by atoms with Crippen molar-refractivity contribution in [2.45, 2.75) is 25.8 Å². The van der Waals surface area contributed by atoms with E-state index in [0.29, 0.717) is 25.8 Å². The summed E-state index contributed by atoms with van der Waals surface area (Å²) < 4.78 is 11.1. The van der Waals surface area contributed by atoms with Crippen LogP contribution in [0.2, 0.25) is 0 Å². The van der Waals surface area contributed by atoms with E-state index in [9.17, 15) is 9.90 Å². The predicted octanol–water partition coefficient (Wildman–Crippen LogP) is 1.97. The Labute approximate surface area is 124 Å². The number of fused-ring (bicyclic) bond motifs is 1. The Morgan fingerprint density at radius 3 is 2.62 bits per heavy atom. The summed E-state index contributed by atoms with van der Waals surface area (Å²) in [6.07, 6.45) is 0. The van der Waals surface area contributed by atoms with Gasteiger partial charge in [-0.2, -0.15) is 0 Å². The molecule has 2 aliphatic heterocycles. The molecule has 114 valence electrons. The second kappa shape index (κ2) is 5.56. The van der Waals surface area contributed by atoms with Crippen molar-refractivity contribution in [1.29, 1.82) is 0 Å². The Kier molecular flexibility index (Phi) is 3.76. The van der Waals surface area contributed by atoms with Crippen molar-refractivity contribution in [3.8, 4) is 11.5 Å². The van der Waals surface area contributed by atoms with Gasteiger partial charge in [-0.25, -0.2) is 0 Å². The van der Waals surface area contributed by atoms with Crippen molar-refractivity contribution >= 4 is 5.97 Å². The molecule has 5 heteroatoms. The first-order chi connectivity index (χ1) is 10.1. The molecule has 1 aromatic rings. The molecular formula is C16H21NO4. The van der Waals surface area contributed by atoms with Crippen LogP contribution in [-0.2, 0) is 4.79 Å². The molecule has 1 N–H and O–H groups in total. The number of carboxylic acids is 1. The van der Waals surface area contributed by atoms with Crippen LogP contribution in [-0.4, -0.2) is 48.3 Å². The van der Waals surface area contributed by atoms with Crippen molar-refractivity contribution in [2.75, 3.05) is 26.3 Å².